The molecule has 1 aromatic rings. The Morgan fingerprint density at radius 1 is 1.39 bits per heavy atom. The fourth-order valence-electron chi connectivity index (χ4n) is 1.91. The molecule has 1 unspecified atom stereocenters. The summed E-state index contributed by atoms with van der Waals surface area (Å²) in [5.41, 5.74) is -0.137. The van der Waals surface area contributed by atoms with Crippen LogP contribution in [0.25, 0.3) is 0 Å². The molecule has 1 fully saturated rings. The van der Waals surface area contributed by atoms with E-state index in [1.165, 1.54) is 6.07 Å². The molecular weight excluding hydrogens is 263 g/mol. The Labute approximate surface area is 103 Å². The van der Waals surface area contributed by atoms with Crippen molar-refractivity contribution in [3.63, 3.8) is 0 Å². The van der Waals surface area contributed by atoms with Gasteiger partial charge in [0.1, 0.15) is 5.82 Å². The molecule has 2 rings (SSSR count). The zero-order valence-electron chi connectivity index (χ0n) is 9.30. The quantitative estimate of drug-likeness (QED) is 0.663. The Bertz CT molecular complexity index is 588. The van der Waals surface area contributed by atoms with Crippen LogP contribution >= 0.6 is 0 Å². The van der Waals surface area contributed by atoms with Gasteiger partial charge in [0.15, 0.2) is 9.84 Å². The summed E-state index contributed by atoms with van der Waals surface area (Å²) in [6.07, 6.45) is 0.423. The topological polar surface area (TPSA) is 89.3 Å². The molecule has 18 heavy (non-hydrogen) atoms. The molecular formula is C10H11FN2O4S. The van der Waals surface area contributed by atoms with Gasteiger partial charge in [-0.25, -0.2) is 12.8 Å². The van der Waals surface area contributed by atoms with Crippen molar-refractivity contribution in [3.8, 4) is 0 Å². The van der Waals surface area contributed by atoms with Crippen molar-refractivity contribution in [1.29, 1.82) is 0 Å². The summed E-state index contributed by atoms with van der Waals surface area (Å²) < 4.78 is 35.7. The van der Waals surface area contributed by atoms with Crippen LogP contribution in [0.2, 0.25) is 0 Å². The Morgan fingerprint density at radius 2 is 2.11 bits per heavy atom. The molecule has 98 valence electrons. The monoisotopic (exact) mass is 274 g/mol. The van der Waals surface area contributed by atoms with E-state index in [1.54, 1.807) is 0 Å². The van der Waals surface area contributed by atoms with Crippen LogP contribution in [0.15, 0.2) is 18.2 Å². The second kappa shape index (κ2) is 4.52. The van der Waals surface area contributed by atoms with Crippen molar-refractivity contribution < 1.29 is 17.7 Å². The number of sulfone groups is 1. The number of non-ortho nitro benzene ring substituents is 1. The molecule has 0 aromatic heterocycles. The average Bonchev–Trinajstić information content (AvgIpc) is 2.57. The maximum Gasteiger partial charge on any atom is 0.274 e. The molecule has 1 N–H and O–H groups in total. The summed E-state index contributed by atoms with van der Waals surface area (Å²) in [4.78, 5) is 9.87. The lowest BCUT2D eigenvalue weighted by atomic mass is 10.2. The highest BCUT2D eigenvalue weighted by atomic mass is 32.2. The summed E-state index contributed by atoms with van der Waals surface area (Å²) in [5.74, 6) is -0.674. The summed E-state index contributed by atoms with van der Waals surface area (Å²) in [7, 11) is -3.04. The van der Waals surface area contributed by atoms with Gasteiger partial charge in [-0.05, 0) is 12.5 Å². The average molecular weight is 274 g/mol. The van der Waals surface area contributed by atoms with Gasteiger partial charge in [-0.3, -0.25) is 10.1 Å². The van der Waals surface area contributed by atoms with E-state index in [0.29, 0.717) is 6.42 Å². The number of halogens is 1. The van der Waals surface area contributed by atoms with E-state index >= 15 is 0 Å². The third kappa shape index (κ3) is 2.95. The molecule has 1 heterocycles. The maximum atomic E-state index is 13.2. The van der Waals surface area contributed by atoms with Crippen LogP contribution in [0.3, 0.4) is 0 Å². The van der Waals surface area contributed by atoms with Gasteiger partial charge in [-0.2, -0.15) is 0 Å². The molecule has 6 nitrogen and oxygen atoms in total. The van der Waals surface area contributed by atoms with Gasteiger partial charge >= 0.3 is 0 Å². The first kappa shape index (κ1) is 12.7. The van der Waals surface area contributed by atoms with Crippen molar-refractivity contribution in [2.45, 2.75) is 12.5 Å². The third-order valence-electron chi connectivity index (χ3n) is 2.70. The number of anilines is 1. The fourth-order valence-corrected chi connectivity index (χ4v) is 3.58. The maximum absolute atomic E-state index is 13.2. The molecule has 0 saturated carbocycles. The first-order valence-electron chi connectivity index (χ1n) is 5.28. The van der Waals surface area contributed by atoms with Crippen LogP contribution in [-0.4, -0.2) is 30.9 Å². The van der Waals surface area contributed by atoms with E-state index in [4.69, 9.17) is 0 Å². The Kier molecular flexibility index (Phi) is 3.20. The molecule has 1 aromatic carbocycles. The van der Waals surface area contributed by atoms with Crippen LogP contribution < -0.4 is 5.32 Å². The number of benzene rings is 1. The van der Waals surface area contributed by atoms with E-state index in [-0.39, 0.29) is 28.9 Å². The standard InChI is InChI=1S/C10H11FN2O4S/c11-7-3-9(5-10(4-7)13(14)15)12-8-1-2-18(16,17)6-8/h3-5,8,12H,1-2,6H2. The van der Waals surface area contributed by atoms with Crippen molar-refractivity contribution in [1.82, 2.24) is 0 Å². The van der Waals surface area contributed by atoms with Crippen molar-refractivity contribution in [2.24, 2.45) is 0 Å². The number of hydrogen-bond donors (Lipinski definition) is 1. The van der Waals surface area contributed by atoms with Gasteiger partial charge in [-0.1, -0.05) is 0 Å². The van der Waals surface area contributed by atoms with Gasteiger partial charge in [0.25, 0.3) is 5.69 Å². The first-order valence-corrected chi connectivity index (χ1v) is 7.10. The Balaban J connectivity index is 2.17. The predicted molar refractivity (Wildman–Crippen MR) is 63.7 cm³/mol. The lowest BCUT2D eigenvalue weighted by Crippen LogP contribution is -2.20. The predicted octanol–water partition coefficient (Wildman–Crippen LogP) is 1.33. The van der Waals surface area contributed by atoms with Gasteiger partial charge in [0.2, 0.25) is 0 Å². The van der Waals surface area contributed by atoms with Gasteiger partial charge in [-0.15, -0.1) is 0 Å². The number of nitrogens with one attached hydrogen (secondary N) is 1. The summed E-state index contributed by atoms with van der Waals surface area (Å²) in [5, 5.41) is 13.4. The number of hydrogen-bond acceptors (Lipinski definition) is 5. The third-order valence-corrected chi connectivity index (χ3v) is 4.46. The molecule has 0 bridgehead atoms. The lowest BCUT2D eigenvalue weighted by molar-refractivity contribution is -0.385. The first-order chi connectivity index (χ1) is 8.35. The number of rotatable bonds is 3. The minimum Gasteiger partial charge on any atom is -0.381 e. The van der Waals surface area contributed by atoms with Crippen LogP contribution in [0, 0.1) is 15.9 Å². The Morgan fingerprint density at radius 3 is 2.67 bits per heavy atom. The normalized spacial score (nSPS) is 21.7. The highest BCUT2D eigenvalue weighted by molar-refractivity contribution is 7.91. The second-order valence-corrected chi connectivity index (χ2v) is 6.43. The smallest absolute Gasteiger partial charge is 0.274 e. The minimum absolute atomic E-state index is 0.0304. The number of nitrogens with zero attached hydrogens (tertiary/aromatic N) is 1. The minimum atomic E-state index is -3.04. The van der Waals surface area contributed by atoms with Crippen LogP contribution in [0.4, 0.5) is 15.8 Å². The largest absolute Gasteiger partial charge is 0.381 e. The number of nitro groups is 1. The van der Waals surface area contributed by atoms with E-state index in [1.807, 2.05) is 0 Å². The highest BCUT2D eigenvalue weighted by Crippen LogP contribution is 2.23. The van der Waals surface area contributed by atoms with Gasteiger partial charge in [0, 0.05) is 17.8 Å². The molecule has 1 aliphatic heterocycles. The molecule has 8 heteroatoms. The zero-order valence-corrected chi connectivity index (χ0v) is 10.1. The van der Waals surface area contributed by atoms with Gasteiger partial charge < -0.3 is 5.32 Å². The highest BCUT2D eigenvalue weighted by Gasteiger charge is 2.28. The molecule has 0 spiro atoms. The Hall–Kier alpha value is -1.70. The SMILES string of the molecule is O=[N+]([O-])c1cc(F)cc(NC2CCS(=O)(=O)C2)c1. The van der Waals surface area contributed by atoms with Crippen molar-refractivity contribution in [2.75, 3.05) is 16.8 Å². The fraction of sp³-hybridized carbons (Fsp3) is 0.400. The van der Waals surface area contributed by atoms with E-state index in [9.17, 15) is 22.9 Å². The zero-order chi connectivity index (χ0) is 13.3. The van der Waals surface area contributed by atoms with Crippen LogP contribution in [0.1, 0.15) is 6.42 Å². The van der Waals surface area contributed by atoms with E-state index in [0.717, 1.165) is 12.1 Å². The molecule has 1 aliphatic rings. The lowest BCUT2D eigenvalue weighted by Gasteiger charge is -2.12. The number of nitro benzene ring substituents is 1. The molecule has 0 amide bonds. The second-order valence-electron chi connectivity index (χ2n) is 4.20. The summed E-state index contributed by atoms with van der Waals surface area (Å²) in [6.45, 7) is 0. The van der Waals surface area contributed by atoms with Crippen LogP contribution in [0.5, 0.6) is 0 Å². The molecule has 1 saturated heterocycles. The summed E-state index contributed by atoms with van der Waals surface area (Å²) in [6, 6.07) is 2.79. The molecule has 1 atom stereocenters. The van der Waals surface area contributed by atoms with Crippen LogP contribution in [-0.2, 0) is 9.84 Å². The molecule has 0 radical (unpaired) electrons. The van der Waals surface area contributed by atoms with E-state index < -0.39 is 20.6 Å². The van der Waals surface area contributed by atoms with Crippen molar-refractivity contribution in [3.05, 3.63) is 34.1 Å². The molecule has 0 aliphatic carbocycles. The van der Waals surface area contributed by atoms with Crippen molar-refractivity contribution >= 4 is 21.2 Å². The summed E-state index contributed by atoms with van der Waals surface area (Å²) >= 11 is 0. The van der Waals surface area contributed by atoms with Gasteiger partial charge in [0.05, 0.1) is 22.5 Å². The van der Waals surface area contributed by atoms with E-state index in [2.05, 4.69) is 5.32 Å².